The first-order valence-electron chi connectivity index (χ1n) is 7.19. The van der Waals surface area contributed by atoms with Gasteiger partial charge in [0.15, 0.2) is 0 Å². The molecule has 5 nitrogen and oxygen atoms in total. The first-order chi connectivity index (χ1) is 11.0. The third-order valence-corrected chi connectivity index (χ3v) is 6.10. The molecule has 0 aliphatic heterocycles. The SMILES string of the molecule is CCN(Cc1cnc2ccccn12)S(=O)(=O)c1ccc(Br)cc1. The number of fused-ring (bicyclic) bond motifs is 1. The van der Waals surface area contributed by atoms with E-state index in [0.29, 0.717) is 6.54 Å². The maximum absolute atomic E-state index is 12.8. The normalized spacial score (nSPS) is 12.1. The van der Waals surface area contributed by atoms with E-state index < -0.39 is 10.0 Å². The van der Waals surface area contributed by atoms with Crippen LogP contribution in [0.3, 0.4) is 0 Å². The van der Waals surface area contributed by atoms with Gasteiger partial charge < -0.3 is 4.40 Å². The minimum Gasteiger partial charge on any atom is -0.303 e. The largest absolute Gasteiger partial charge is 0.303 e. The van der Waals surface area contributed by atoms with Gasteiger partial charge in [0.05, 0.1) is 23.3 Å². The van der Waals surface area contributed by atoms with Gasteiger partial charge in [-0.3, -0.25) is 0 Å². The fourth-order valence-electron chi connectivity index (χ4n) is 2.41. The maximum Gasteiger partial charge on any atom is 0.243 e. The van der Waals surface area contributed by atoms with E-state index in [1.807, 2.05) is 35.7 Å². The molecule has 0 radical (unpaired) electrons. The van der Waals surface area contributed by atoms with E-state index in [-0.39, 0.29) is 11.4 Å². The number of halogens is 1. The Labute approximate surface area is 143 Å². The van der Waals surface area contributed by atoms with Crippen LogP contribution in [0.4, 0.5) is 0 Å². The smallest absolute Gasteiger partial charge is 0.243 e. The Balaban J connectivity index is 1.94. The van der Waals surface area contributed by atoms with Crippen LogP contribution in [0.5, 0.6) is 0 Å². The molecular formula is C16H16BrN3O2S. The highest BCUT2D eigenvalue weighted by Gasteiger charge is 2.24. The molecule has 2 heterocycles. The van der Waals surface area contributed by atoms with Crippen LogP contribution < -0.4 is 0 Å². The average molecular weight is 394 g/mol. The molecule has 0 saturated carbocycles. The summed E-state index contributed by atoms with van der Waals surface area (Å²) in [4.78, 5) is 4.60. The lowest BCUT2D eigenvalue weighted by molar-refractivity contribution is 0.418. The number of pyridine rings is 1. The fraction of sp³-hybridized carbons (Fsp3) is 0.188. The molecule has 0 bridgehead atoms. The van der Waals surface area contributed by atoms with Crippen molar-refractivity contribution in [3.8, 4) is 0 Å². The molecule has 3 rings (SSSR count). The molecule has 0 atom stereocenters. The van der Waals surface area contributed by atoms with E-state index >= 15 is 0 Å². The Bertz CT molecular complexity index is 920. The molecule has 0 N–H and O–H groups in total. The van der Waals surface area contributed by atoms with Crippen molar-refractivity contribution in [3.05, 3.63) is 65.0 Å². The molecule has 7 heteroatoms. The number of imidazole rings is 1. The van der Waals surface area contributed by atoms with E-state index in [4.69, 9.17) is 0 Å². The maximum atomic E-state index is 12.8. The summed E-state index contributed by atoms with van der Waals surface area (Å²) in [5, 5.41) is 0. The van der Waals surface area contributed by atoms with E-state index in [2.05, 4.69) is 20.9 Å². The molecule has 3 aromatic rings. The second-order valence-electron chi connectivity index (χ2n) is 5.06. The van der Waals surface area contributed by atoms with Crippen molar-refractivity contribution in [2.24, 2.45) is 0 Å². The van der Waals surface area contributed by atoms with Gasteiger partial charge >= 0.3 is 0 Å². The highest BCUT2D eigenvalue weighted by atomic mass is 79.9. The van der Waals surface area contributed by atoms with E-state index in [1.165, 1.54) is 4.31 Å². The summed E-state index contributed by atoms with van der Waals surface area (Å²) in [5.41, 5.74) is 1.64. The van der Waals surface area contributed by atoms with Gasteiger partial charge in [-0.05, 0) is 36.4 Å². The van der Waals surface area contributed by atoms with Crippen molar-refractivity contribution in [2.45, 2.75) is 18.4 Å². The number of aromatic nitrogens is 2. The molecule has 0 amide bonds. The van der Waals surface area contributed by atoms with E-state index in [0.717, 1.165) is 15.8 Å². The lowest BCUT2D eigenvalue weighted by Crippen LogP contribution is -2.30. The van der Waals surface area contributed by atoms with Crippen molar-refractivity contribution in [1.29, 1.82) is 0 Å². The summed E-state index contributed by atoms with van der Waals surface area (Å²) in [5.74, 6) is 0. The molecule has 0 spiro atoms. The number of hydrogen-bond donors (Lipinski definition) is 0. The zero-order chi connectivity index (χ0) is 16.4. The summed E-state index contributed by atoms with van der Waals surface area (Å²) in [6.07, 6.45) is 3.60. The van der Waals surface area contributed by atoms with Gasteiger partial charge in [-0.15, -0.1) is 0 Å². The second kappa shape index (κ2) is 6.43. The van der Waals surface area contributed by atoms with Crippen LogP contribution in [-0.4, -0.2) is 28.7 Å². The summed E-state index contributed by atoms with van der Waals surface area (Å²) in [6, 6.07) is 12.4. The predicted octanol–water partition coefficient (Wildman–Crippen LogP) is 3.31. The van der Waals surface area contributed by atoms with Crippen LogP contribution in [0, 0.1) is 0 Å². The molecule has 0 fully saturated rings. The summed E-state index contributed by atoms with van der Waals surface area (Å²) in [6.45, 7) is 2.50. The standard InChI is InChI=1S/C16H16BrN3O2S/c1-2-19(23(21,22)15-8-6-13(17)7-9-15)12-14-11-18-16-5-3-4-10-20(14)16/h3-11H,2,12H2,1H3. The van der Waals surface area contributed by atoms with Gasteiger partial charge in [-0.1, -0.05) is 28.9 Å². The van der Waals surface area contributed by atoms with Crippen molar-refractivity contribution >= 4 is 31.6 Å². The Kier molecular flexibility index (Phi) is 4.52. The molecule has 120 valence electrons. The van der Waals surface area contributed by atoms with E-state index in [9.17, 15) is 8.42 Å². The van der Waals surface area contributed by atoms with Crippen molar-refractivity contribution < 1.29 is 8.42 Å². The molecule has 23 heavy (non-hydrogen) atoms. The molecule has 2 aromatic heterocycles. The van der Waals surface area contributed by atoms with Gasteiger partial charge in [0, 0.05) is 17.2 Å². The third kappa shape index (κ3) is 3.17. The summed E-state index contributed by atoms with van der Waals surface area (Å²) in [7, 11) is -3.54. The Morgan fingerprint density at radius 2 is 1.91 bits per heavy atom. The number of benzene rings is 1. The predicted molar refractivity (Wildman–Crippen MR) is 92.6 cm³/mol. The van der Waals surface area contributed by atoms with Crippen LogP contribution in [0.1, 0.15) is 12.6 Å². The van der Waals surface area contributed by atoms with Crippen molar-refractivity contribution in [3.63, 3.8) is 0 Å². The second-order valence-corrected chi connectivity index (χ2v) is 7.92. The quantitative estimate of drug-likeness (QED) is 0.667. The molecular weight excluding hydrogens is 378 g/mol. The van der Waals surface area contributed by atoms with Crippen LogP contribution in [0.15, 0.2) is 64.2 Å². The third-order valence-electron chi connectivity index (χ3n) is 3.64. The van der Waals surface area contributed by atoms with Crippen molar-refractivity contribution in [2.75, 3.05) is 6.54 Å². The zero-order valence-electron chi connectivity index (χ0n) is 12.6. The average Bonchev–Trinajstić information content (AvgIpc) is 2.96. The lowest BCUT2D eigenvalue weighted by Gasteiger charge is -2.20. The number of nitrogens with zero attached hydrogens (tertiary/aromatic N) is 3. The van der Waals surface area contributed by atoms with Crippen LogP contribution in [0.2, 0.25) is 0 Å². The monoisotopic (exact) mass is 393 g/mol. The first kappa shape index (κ1) is 16.2. The highest BCUT2D eigenvalue weighted by molar-refractivity contribution is 9.10. The van der Waals surface area contributed by atoms with Crippen LogP contribution >= 0.6 is 15.9 Å². The lowest BCUT2D eigenvalue weighted by atomic mass is 10.4. The number of rotatable bonds is 5. The Morgan fingerprint density at radius 1 is 1.17 bits per heavy atom. The molecule has 0 unspecified atom stereocenters. The van der Waals surface area contributed by atoms with Crippen molar-refractivity contribution in [1.82, 2.24) is 13.7 Å². The molecule has 0 aliphatic rings. The van der Waals surface area contributed by atoms with Gasteiger partial charge in [-0.2, -0.15) is 4.31 Å². The Morgan fingerprint density at radius 3 is 2.61 bits per heavy atom. The minimum absolute atomic E-state index is 0.278. The van der Waals surface area contributed by atoms with Gasteiger partial charge in [-0.25, -0.2) is 13.4 Å². The fourth-order valence-corrected chi connectivity index (χ4v) is 4.09. The highest BCUT2D eigenvalue weighted by Crippen LogP contribution is 2.21. The van der Waals surface area contributed by atoms with Crippen LogP contribution in [0.25, 0.3) is 5.65 Å². The summed E-state index contributed by atoms with van der Waals surface area (Å²) >= 11 is 3.32. The van der Waals surface area contributed by atoms with Gasteiger partial charge in [0.25, 0.3) is 0 Å². The molecule has 1 aromatic carbocycles. The topological polar surface area (TPSA) is 54.7 Å². The number of hydrogen-bond acceptors (Lipinski definition) is 3. The van der Waals surface area contributed by atoms with Gasteiger partial charge in [0.2, 0.25) is 10.0 Å². The summed E-state index contributed by atoms with van der Waals surface area (Å²) < 4.78 is 29.8. The minimum atomic E-state index is -3.54. The molecule has 0 aliphatic carbocycles. The van der Waals surface area contributed by atoms with Crippen LogP contribution in [-0.2, 0) is 16.6 Å². The zero-order valence-corrected chi connectivity index (χ0v) is 15.0. The van der Waals surface area contributed by atoms with Gasteiger partial charge in [0.1, 0.15) is 5.65 Å². The Hall–Kier alpha value is -1.70. The van der Waals surface area contributed by atoms with E-state index in [1.54, 1.807) is 30.5 Å². The first-order valence-corrected chi connectivity index (χ1v) is 9.42. The number of sulfonamides is 1. The molecule has 0 saturated heterocycles.